The molecular formula is C11H17NO3. The normalized spacial score (nSPS) is 12.5. The predicted octanol–water partition coefficient (Wildman–Crippen LogP) is 1.30. The topological polar surface area (TPSA) is 51.6 Å². The third-order valence-corrected chi connectivity index (χ3v) is 1.95. The molecule has 0 aliphatic carbocycles. The smallest absolute Gasteiger partial charge is 0.143 e. The first-order chi connectivity index (χ1) is 7.17. The number of aromatic nitrogens is 1. The molecule has 1 rings (SSSR count). The molecule has 1 aromatic heterocycles. The maximum Gasteiger partial charge on any atom is 0.143 e. The van der Waals surface area contributed by atoms with Crippen LogP contribution in [0.5, 0.6) is 5.75 Å². The second-order valence-corrected chi connectivity index (χ2v) is 3.44. The van der Waals surface area contributed by atoms with Crippen LogP contribution in [0.1, 0.15) is 18.3 Å². The number of methoxy groups -OCH3 is 1. The van der Waals surface area contributed by atoms with Crippen LogP contribution in [0.3, 0.4) is 0 Å². The van der Waals surface area contributed by atoms with Gasteiger partial charge in [-0.3, -0.25) is 4.98 Å². The lowest BCUT2D eigenvalue weighted by atomic mass is 10.3. The highest BCUT2D eigenvalue weighted by molar-refractivity contribution is 5.28. The Labute approximate surface area is 89.9 Å². The second-order valence-electron chi connectivity index (χ2n) is 3.44. The molecule has 0 radical (unpaired) electrons. The van der Waals surface area contributed by atoms with E-state index in [4.69, 9.17) is 14.6 Å². The van der Waals surface area contributed by atoms with Gasteiger partial charge in [-0.15, -0.1) is 0 Å². The lowest BCUT2D eigenvalue weighted by molar-refractivity contribution is 0.0898. The number of hydrogen-bond donors (Lipinski definition) is 1. The summed E-state index contributed by atoms with van der Waals surface area (Å²) in [5, 5.41) is 9.11. The number of rotatable bonds is 5. The van der Waals surface area contributed by atoms with Crippen LogP contribution >= 0.6 is 0 Å². The molecule has 0 bridgehead atoms. The molecule has 4 heteroatoms. The molecule has 0 spiro atoms. The zero-order valence-corrected chi connectivity index (χ0v) is 9.36. The van der Waals surface area contributed by atoms with E-state index in [1.165, 1.54) is 0 Å². The van der Waals surface area contributed by atoms with Gasteiger partial charge in [0.15, 0.2) is 0 Å². The Bertz CT molecular complexity index is 315. The minimum absolute atomic E-state index is 0.0511. The molecule has 0 saturated heterocycles. The first-order valence-electron chi connectivity index (χ1n) is 4.90. The van der Waals surface area contributed by atoms with Crippen LogP contribution < -0.4 is 4.74 Å². The Balaban J connectivity index is 2.75. The Hall–Kier alpha value is -1.13. The van der Waals surface area contributed by atoms with Crippen LogP contribution in [0, 0.1) is 6.92 Å². The van der Waals surface area contributed by atoms with Crippen molar-refractivity contribution >= 4 is 0 Å². The van der Waals surface area contributed by atoms with E-state index in [0.29, 0.717) is 18.1 Å². The molecule has 1 atom stereocenters. The van der Waals surface area contributed by atoms with Crippen molar-refractivity contribution in [2.45, 2.75) is 26.6 Å². The van der Waals surface area contributed by atoms with E-state index in [1.807, 2.05) is 26.0 Å². The minimum atomic E-state index is -0.114. The lowest BCUT2D eigenvalue weighted by Gasteiger charge is -2.15. The highest BCUT2D eigenvalue weighted by Gasteiger charge is 2.08. The maximum absolute atomic E-state index is 9.11. The molecule has 1 heterocycles. The van der Waals surface area contributed by atoms with Crippen LogP contribution in [0.25, 0.3) is 0 Å². The van der Waals surface area contributed by atoms with E-state index in [-0.39, 0.29) is 12.7 Å². The molecule has 84 valence electrons. The lowest BCUT2D eigenvalue weighted by Crippen LogP contribution is -2.19. The van der Waals surface area contributed by atoms with Crippen molar-refractivity contribution in [1.29, 1.82) is 0 Å². The van der Waals surface area contributed by atoms with E-state index >= 15 is 0 Å². The zero-order chi connectivity index (χ0) is 11.3. The van der Waals surface area contributed by atoms with Crippen molar-refractivity contribution in [2.75, 3.05) is 13.7 Å². The molecule has 1 unspecified atom stereocenters. The maximum atomic E-state index is 9.11. The quantitative estimate of drug-likeness (QED) is 0.797. The van der Waals surface area contributed by atoms with E-state index in [9.17, 15) is 0 Å². The molecule has 0 amide bonds. The Morgan fingerprint density at radius 1 is 1.47 bits per heavy atom. The van der Waals surface area contributed by atoms with Crippen molar-refractivity contribution in [2.24, 2.45) is 0 Å². The highest BCUT2D eigenvalue weighted by Crippen LogP contribution is 2.18. The number of aliphatic hydroxyl groups is 1. The monoisotopic (exact) mass is 211 g/mol. The van der Waals surface area contributed by atoms with Crippen molar-refractivity contribution in [3.05, 3.63) is 23.5 Å². The first-order valence-corrected chi connectivity index (χ1v) is 4.90. The average Bonchev–Trinajstić information content (AvgIpc) is 2.21. The number of pyridine rings is 1. The summed E-state index contributed by atoms with van der Waals surface area (Å²) in [6.45, 7) is 4.18. The van der Waals surface area contributed by atoms with Crippen molar-refractivity contribution < 1.29 is 14.6 Å². The second kappa shape index (κ2) is 5.68. The summed E-state index contributed by atoms with van der Waals surface area (Å²) in [5.74, 6) is 0.618. The van der Waals surface area contributed by atoms with Crippen LogP contribution in [-0.4, -0.2) is 29.9 Å². The Morgan fingerprint density at radius 2 is 2.20 bits per heavy atom. The van der Waals surface area contributed by atoms with Crippen molar-refractivity contribution in [3.63, 3.8) is 0 Å². The third-order valence-electron chi connectivity index (χ3n) is 1.95. The molecule has 15 heavy (non-hydrogen) atoms. The number of ether oxygens (including phenoxy) is 2. The number of aliphatic hydroxyl groups excluding tert-OH is 1. The fourth-order valence-corrected chi connectivity index (χ4v) is 1.30. The molecule has 0 aromatic carbocycles. The van der Waals surface area contributed by atoms with Gasteiger partial charge in [0.1, 0.15) is 17.5 Å². The molecule has 1 N–H and O–H groups in total. The van der Waals surface area contributed by atoms with E-state index in [0.717, 1.165) is 5.69 Å². The molecule has 4 nitrogen and oxygen atoms in total. The minimum Gasteiger partial charge on any atom is -0.486 e. The van der Waals surface area contributed by atoms with Gasteiger partial charge in [0.05, 0.1) is 13.2 Å². The van der Waals surface area contributed by atoms with E-state index in [1.54, 1.807) is 7.11 Å². The zero-order valence-electron chi connectivity index (χ0n) is 9.36. The molecule has 0 saturated carbocycles. The standard InChI is InChI=1S/C11H17NO3/c1-8-4-5-11(10(6-13)12-8)15-9(2)7-14-3/h4-5,9,13H,6-7H2,1-3H3. The molecule has 1 aromatic rings. The van der Waals surface area contributed by atoms with Crippen LogP contribution in [0.4, 0.5) is 0 Å². The van der Waals surface area contributed by atoms with Gasteiger partial charge in [-0.2, -0.15) is 0 Å². The summed E-state index contributed by atoms with van der Waals surface area (Å²) in [5.41, 5.74) is 1.43. The molecule has 0 fully saturated rings. The van der Waals surface area contributed by atoms with Gasteiger partial charge in [0.25, 0.3) is 0 Å². The van der Waals surface area contributed by atoms with Crippen LogP contribution in [-0.2, 0) is 11.3 Å². The summed E-state index contributed by atoms with van der Waals surface area (Å²) in [4.78, 5) is 4.19. The number of hydrogen-bond acceptors (Lipinski definition) is 4. The van der Waals surface area contributed by atoms with Gasteiger partial charge < -0.3 is 14.6 Å². The molecule has 0 aliphatic heterocycles. The fourth-order valence-electron chi connectivity index (χ4n) is 1.30. The van der Waals surface area contributed by atoms with Crippen LogP contribution in [0.2, 0.25) is 0 Å². The van der Waals surface area contributed by atoms with Gasteiger partial charge >= 0.3 is 0 Å². The van der Waals surface area contributed by atoms with Gasteiger partial charge in [-0.25, -0.2) is 0 Å². The van der Waals surface area contributed by atoms with Gasteiger partial charge in [0, 0.05) is 12.8 Å². The molecule has 0 aliphatic rings. The number of nitrogens with zero attached hydrogens (tertiary/aromatic N) is 1. The summed E-state index contributed by atoms with van der Waals surface area (Å²) in [6, 6.07) is 3.67. The first kappa shape index (κ1) is 11.9. The predicted molar refractivity (Wildman–Crippen MR) is 56.9 cm³/mol. The number of aryl methyl sites for hydroxylation is 1. The largest absolute Gasteiger partial charge is 0.486 e. The SMILES string of the molecule is COCC(C)Oc1ccc(C)nc1CO. The highest BCUT2D eigenvalue weighted by atomic mass is 16.5. The van der Waals surface area contributed by atoms with Crippen LogP contribution in [0.15, 0.2) is 12.1 Å². The van der Waals surface area contributed by atoms with Crippen molar-refractivity contribution in [1.82, 2.24) is 4.98 Å². The van der Waals surface area contributed by atoms with E-state index < -0.39 is 0 Å². The summed E-state index contributed by atoms with van der Waals surface area (Å²) in [6.07, 6.45) is -0.0511. The average molecular weight is 211 g/mol. The summed E-state index contributed by atoms with van der Waals surface area (Å²) in [7, 11) is 1.63. The fraction of sp³-hybridized carbons (Fsp3) is 0.545. The van der Waals surface area contributed by atoms with Crippen molar-refractivity contribution in [3.8, 4) is 5.75 Å². The third kappa shape index (κ3) is 3.49. The van der Waals surface area contributed by atoms with Gasteiger partial charge in [-0.1, -0.05) is 0 Å². The van der Waals surface area contributed by atoms with E-state index in [2.05, 4.69) is 4.98 Å². The summed E-state index contributed by atoms with van der Waals surface area (Å²) < 4.78 is 10.5. The van der Waals surface area contributed by atoms with Gasteiger partial charge in [-0.05, 0) is 26.0 Å². The summed E-state index contributed by atoms with van der Waals surface area (Å²) >= 11 is 0. The Kier molecular flexibility index (Phi) is 4.52. The Morgan fingerprint density at radius 3 is 2.80 bits per heavy atom. The molecular weight excluding hydrogens is 194 g/mol. The van der Waals surface area contributed by atoms with Gasteiger partial charge in [0.2, 0.25) is 0 Å².